The minimum absolute atomic E-state index is 0.0497. The summed E-state index contributed by atoms with van der Waals surface area (Å²) in [5, 5.41) is 14.6. The van der Waals surface area contributed by atoms with Gasteiger partial charge in [-0.15, -0.1) is 0 Å². The number of hydrogen-bond donors (Lipinski definition) is 7. The third kappa shape index (κ3) is 7.29. The number of furan rings is 1. The van der Waals surface area contributed by atoms with Gasteiger partial charge in [-0.05, 0) is 67.9 Å². The predicted octanol–water partition coefficient (Wildman–Crippen LogP) is 1.08. The van der Waals surface area contributed by atoms with Crippen LogP contribution in [0.15, 0.2) is 70.0 Å². The Bertz CT molecular complexity index is 1310. The largest absolute Gasteiger partial charge is 0.480 e. The van der Waals surface area contributed by atoms with Crippen molar-refractivity contribution in [2.75, 3.05) is 17.0 Å². The van der Waals surface area contributed by atoms with Crippen LogP contribution in [0.25, 0.3) is 11.3 Å². The topological polar surface area (TPSA) is 216 Å². The molecular formula is C23H28N6O6S. The van der Waals surface area contributed by atoms with E-state index in [-0.39, 0.29) is 22.8 Å². The van der Waals surface area contributed by atoms with E-state index in [1.165, 1.54) is 36.4 Å². The average molecular weight is 517 g/mol. The van der Waals surface area contributed by atoms with Crippen LogP contribution in [0.5, 0.6) is 0 Å². The van der Waals surface area contributed by atoms with Crippen molar-refractivity contribution in [1.82, 2.24) is 10.6 Å². The first kappa shape index (κ1) is 26.7. The molecule has 0 saturated carbocycles. The Balaban J connectivity index is 1.68. The second kappa shape index (κ2) is 11.7. The summed E-state index contributed by atoms with van der Waals surface area (Å²) < 4.78 is 33.4. The highest BCUT2D eigenvalue weighted by molar-refractivity contribution is 7.92. The van der Waals surface area contributed by atoms with Gasteiger partial charge in [0.25, 0.3) is 15.9 Å². The standard InChI is InChI=1S/C23H28N6O6S/c24-15-6-8-17(9-7-15)36(33,34)29-16-4-1-3-14(13-16)19-10-11-20(35-19)21(30)28-18(22(31)32)5-2-12-27-23(25)26/h1,3-4,6-11,13,18,23,27,29H,2,5,12,24-26H2,(H,28,30)(H,31,32)/t18-/m0/s1. The van der Waals surface area contributed by atoms with Gasteiger partial charge in [0.1, 0.15) is 18.1 Å². The van der Waals surface area contributed by atoms with E-state index < -0.39 is 34.2 Å². The van der Waals surface area contributed by atoms with Gasteiger partial charge in [0, 0.05) is 16.9 Å². The quantitative estimate of drug-likeness (QED) is 0.103. The number of sulfonamides is 1. The van der Waals surface area contributed by atoms with Crippen molar-refractivity contribution in [2.24, 2.45) is 11.5 Å². The minimum atomic E-state index is -3.85. The number of carbonyl (C=O) groups is 2. The van der Waals surface area contributed by atoms with Crippen molar-refractivity contribution in [3.05, 3.63) is 66.4 Å². The van der Waals surface area contributed by atoms with Crippen LogP contribution in [-0.2, 0) is 14.8 Å². The summed E-state index contributed by atoms with van der Waals surface area (Å²) in [6, 6.07) is 14.0. The Morgan fingerprint density at radius 2 is 1.75 bits per heavy atom. The van der Waals surface area contributed by atoms with Gasteiger partial charge in [-0.3, -0.25) is 14.8 Å². The van der Waals surface area contributed by atoms with Crippen LogP contribution in [0.3, 0.4) is 0 Å². The number of amides is 1. The maximum absolute atomic E-state index is 12.6. The van der Waals surface area contributed by atoms with Crippen LogP contribution in [0.2, 0.25) is 0 Å². The molecule has 0 aliphatic heterocycles. The molecule has 0 unspecified atom stereocenters. The van der Waals surface area contributed by atoms with Gasteiger partial charge in [-0.1, -0.05) is 12.1 Å². The van der Waals surface area contributed by atoms with Crippen molar-refractivity contribution in [3.63, 3.8) is 0 Å². The van der Waals surface area contributed by atoms with Gasteiger partial charge >= 0.3 is 5.97 Å². The molecule has 0 fully saturated rings. The third-order valence-electron chi connectivity index (χ3n) is 5.07. The maximum atomic E-state index is 12.6. The minimum Gasteiger partial charge on any atom is -0.480 e. The summed E-state index contributed by atoms with van der Waals surface area (Å²) >= 11 is 0. The van der Waals surface area contributed by atoms with Gasteiger partial charge in [0.2, 0.25) is 0 Å². The highest BCUT2D eigenvalue weighted by Gasteiger charge is 2.22. The first-order valence-corrected chi connectivity index (χ1v) is 12.4. The fraction of sp³-hybridized carbons (Fsp3) is 0.217. The van der Waals surface area contributed by atoms with Crippen molar-refractivity contribution in [3.8, 4) is 11.3 Å². The molecule has 0 saturated heterocycles. The van der Waals surface area contributed by atoms with Gasteiger partial charge in [0.05, 0.1) is 4.90 Å². The number of benzene rings is 2. The van der Waals surface area contributed by atoms with E-state index in [1.807, 2.05) is 0 Å². The number of carboxylic acids is 1. The SMILES string of the molecule is Nc1ccc(S(=O)(=O)Nc2cccc(-c3ccc(C(=O)N[C@@H](CCCNC(N)N)C(=O)O)o3)c2)cc1. The number of rotatable bonds is 12. The Hall–Kier alpha value is -3.91. The van der Waals surface area contributed by atoms with Crippen LogP contribution in [0, 0.1) is 0 Å². The fourth-order valence-electron chi connectivity index (χ4n) is 3.27. The Labute approximate surface area is 207 Å². The van der Waals surface area contributed by atoms with E-state index in [9.17, 15) is 23.1 Å². The van der Waals surface area contributed by atoms with Crippen molar-refractivity contribution in [1.29, 1.82) is 0 Å². The lowest BCUT2D eigenvalue weighted by Gasteiger charge is -2.14. The number of nitrogens with one attached hydrogen (secondary N) is 3. The predicted molar refractivity (Wildman–Crippen MR) is 134 cm³/mol. The smallest absolute Gasteiger partial charge is 0.326 e. The van der Waals surface area contributed by atoms with E-state index >= 15 is 0 Å². The zero-order chi connectivity index (χ0) is 26.3. The number of carboxylic acid groups (broad SMARTS) is 1. The summed E-state index contributed by atoms with van der Waals surface area (Å²) in [6.45, 7) is 0.390. The molecule has 1 aromatic heterocycles. The van der Waals surface area contributed by atoms with Gasteiger partial charge < -0.3 is 32.0 Å². The summed E-state index contributed by atoms with van der Waals surface area (Å²) in [7, 11) is -3.85. The molecule has 10 N–H and O–H groups in total. The average Bonchev–Trinajstić information content (AvgIpc) is 3.31. The zero-order valence-corrected chi connectivity index (χ0v) is 20.0. The molecule has 3 rings (SSSR count). The Kier molecular flexibility index (Phi) is 8.66. The van der Waals surface area contributed by atoms with Gasteiger partial charge in [-0.25, -0.2) is 13.2 Å². The van der Waals surface area contributed by atoms with E-state index in [4.69, 9.17) is 21.6 Å². The number of carbonyl (C=O) groups excluding carboxylic acids is 1. The number of nitrogen functional groups attached to an aromatic ring is 1. The lowest BCUT2D eigenvalue weighted by Crippen LogP contribution is -2.46. The molecule has 0 aliphatic rings. The van der Waals surface area contributed by atoms with E-state index in [0.29, 0.717) is 30.0 Å². The molecule has 12 nitrogen and oxygen atoms in total. The molecule has 1 amide bonds. The monoisotopic (exact) mass is 516 g/mol. The normalized spacial score (nSPS) is 12.3. The Morgan fingerprint density at radius 3 is 2.42 bits per heavy atom. The summed E-state index contributed by atoms with van der Waals surface area (Å²) in [4.78, 5) is 24.1. The maximum Gasteiger partial charge on any atom is 0.326 e. The third-order valence-corrected chi connectivity index (χ3v) is 6.47. The van der Waals surface area contributed by atoms with Gasteiger partial charge in [0.15, 0.2) is 5.76 Å². The molecule has 2 aromatic carbocycles. The molecule has 3 aromatic rings. The van der Waals surface area contributed by atoms with E-state index in [0.717, 1.165) is 0 Å². The van der Waals surface area contributed by atoms with Crippen LogP contribution in [0.1, 0.15) is 23.4 Å². The molecule has 0 spiro atoms. The van der Waals surface area contributed by atoms with Crippen molar-refractivity contribution >= 4 is 33.3 Å². The molecular weight excluding hydrogens is 488 g/mol. The lowest BCUT2D eigenvalue weighted by molar-refractivity contribution is -0.139. The van der Waals surface area contributed by atoms with Crippen LogP contribution < -0.4 is 32.6 Å². The molecule has 192 valence electrons. The summed E-state index contributed by atoms with van der Waals surface area (Å²) in [5.74, 6) is -1.68. The molecule has 13 heteroatoms. The second-order valence-corrected chi connectivity index (χ2v) is 9.59. The fourth-order valence-corrected chi connectivity index (χ4v) is 4.32. The van der Waals surface area contributed by atoms with Crippen molar-refractivity contribution in [2.45, 2.75) is 30.1 Å². The first-order valence-electron chi connectivity index (χ1n) is 10.9. The molecule has 0 radical (unpaired) electrons. The second-order valence-electron chi connectivity index (χ2n) is 7.91. The highest BCUT2D eigenvalue weighted by atomic mass is 32.2. The molecule has 1 heterocycles. The number of anilines is 2. The Morgan fingerprint density at radius 1 is 1.03 bits per heavy atom. The van der Waals surface area contributed by atoms with Gasteiger partial charge in [-0.2, -0.15) is 0 Å². The van der Waals surface area contributed by atoms with E-state index in [2.05, 4.69) is 15.4 Å². The lowest BCUT2D eigenvalue weighted by atomic mass is 10.1. The van der Waals surface area contributed by atoms with Crippen LogP contribution in [0.4, 0.5) is 11.4 Å². The molecule has 0 bridgehead atoms. The van der Waals surface area contributed by atoms with E-state index in [1.54, 1.807) is 24.3 Å². The number of hydrogen-bond acceptors (Lipinski definition) is 9. The molecule has 0 aliphatic carbocycles. The molecule has 1 atom stereocenters. The zero-order valence-electron chi connectivity index (χ0n) is 19.2. The summed E-state index contributed by atoms with van der Waals surface area (Å²) in [6.07, 6.45) is -0.134. The summed E-state index contributed by atoms with van der Waals surface area (Å²) in [5.41, 5.74) is 17.6. The number of aliphatic carboxylic acids is 1. The molecule has 36 heavy (non-hydrogen) atoms. The van der Waals surface area contributed by atoms with Crippen molar-refractivity contribution < 1.29 is 27.5 Å². The highest BCUT2D eigenvalue weighted by Crippen LogP contribution is 2.26. The number of nitrogens with two attached hydrogens (primary N) is 3. The van der Waals surface area contributed by atoms with Crippen LogP contribution in [-0.4, -0.2) is 44.3 Å². The first-order chi connectivity index (χ1) is 17.0. The van der Waals surface area contributed by atoms with Crippen LogP contribution >= 0.6 is 0 Å².